The maximum absolute atomic E-state index is 12.0. The normalized spacial score (nSPS) is 10.6. The lowest BCUT2D eigenvalue weighted by Crippen LogP contribution is -2.37. The smallest absolute Gasteiger partial charge is 0.255 e. The van der Waals surface area contributed by atoms with Crippen molar-refractivity contribution in [2.75, 3.05) is 25.6 Å². The standard InChI is InChI=1S/C8H14ClF2NO2/c9-3-1-2-8(14)12(4-5-13)6-7(10)11/h7,13H,1-6H2. The number of carbonyl (C=O) groups is 1. The Balaban J connectivity index is 3.97. The van der Waals surface area contributed by atoms with E-state index in [0.29, 0.717) is 12.3 Å². The second kappa shape index (κ2) is 7.94. The summed E-state index contributed by atoms with van der Waals surface area (Å²) in [6.45, 7) is -0.980. The summed E-state index contributed by atoms with van der Waals surface area (Å²) in [5.74, 6) is -0.0621. The fraction of sp³-hybridized carbons (Fsp3) is 0.875. The predicted molar refractivity (Wildman–Crippen MR) is 49.6 cm³/mol. The molecule has 0 rings (SSSR count). The molecule has 1 amide bonds. The Morgan fingerprint density at radius 3 is 2.57 bits per heavy atom. The first-order chi connectivity index (χ1) is 6.61. The molecule has 0 unspecified atom stereocenters. The van der Waals surface area contributed by atoms with Crippen LogP contribution in [-0.2, 0) is 4.79 Å². The zero-order valence-electron chi connectivity index (χ0n) is 7.76. The Hall–Kier alpha value is -0.420. The lowest BCUT2D eigenvalue weighted by Gasteiger charge is -2.20. The van der Waals surface area contributed by atoms with Crippen molar-refractivity contribution in [3.05, 3.63) is 0 Å². The van der Waals surface area contributed by atoms with Crippen molar-refractivity contribution >= 4 is 17.5 Å². The predicted octanol–water partition coefficient (Wildman–Crippen LogP) is 1.09. The molecule has 14 heavy (non-hydrogen) atoms. The van der Waals surface area contributed by atoms with E-state index >= 15 is 0 Å². The second-order valence-corrected chi connectivity index (χ2v) is 3.12. The van der Waals surface area contributed by atoms with E-state index in [1.807, 2.05) is 0 Å². The van der Waals surface area contributed by atoms with E-state index in [1.54, 1.807) is 0 Å². The van der Waals surface area contributed by atoms with Crippen molar-refractivity contribution < 1.29 is 18.7 Å². The average Bonchev–Trinajstić information content (AvgIpc) is 2.13. The van der Waals surface area contributed by atoms with Crippen LogP contribution in [0.15, 0.2) is 0 Å². The molecule has 0 radical (unpaired) electrons. The summed E-state index contributed by atoms with van der Waals surface area (Å²) in [4.78, 5) is 12.2. The highest BCUT2D eigenvalue weighted by Gasteiger charge is 2.16. The van der Waals surface area contributed by atoms with Crippen LogP contribution in [0.4, 0.5) is 8.78 Å². The van der Waals surface area contributed by atoms with Gasteiger partial charge in [0.15, 0.2) is 0 Å². The van der Waals surface area contributed by atoms with Crippen molar-refractivity contribution in [3.8, 4) is 0 Å². The van der Waals surface area contributed by atoms with E-state index in [9.17, 15) is 13.6 Å². The summed E-state index contributed by atoms with van der Waals surface area (Å²) in [5.41, 5.74) is 0. The van der Waals surface area contributed by atoms with E-state index < -0.39 is 13.0 Å². The second-order valence-electron chi connectivity index (χ2n) is 2.75. The highest BCUT2D eigenvalue weighted by atomic mass is 35.5. The van der Waals surface area contributed by atoms with Crippen LogP contribution >= 0.6 is 11.6 Å². The number of carbonyl (C=O) groups excluding carboxylic acids is 1. The Labute approximate surface area is 86.6 Å². The van der Waals surface area contributed by atoms with E-state index in [2.05, 4.69) is 0 Å². The fourth-order valence-electron chi connectivity index (χ4n) is 0.981. The molecule has 84 valence electrons. The van der Waals surface area contributed by atoms with Crippen molar-refractivity contribution in [2.45, 2.75) is 19.3 Å². The number of hydrogen-bond acceptors (Lipinski definition) is 2. The molecule has 6 heteroatoms. The van der Waals surface area contributed by atoms with Crippen LogP contribution in [0.1, 0.15) is 12.8 Å². The molecule has 0 heterocycles. The van der Waals surface area contributed by atoms with E-state index in [0.717, 1.165) is 4.90 Å². The molecular weight excluding hydrogens is 216 g/mol. The van der Waals surface area contributed by atoms with Crippen LogP contribution < -0.4 is 0 Å². The van der Waals surface area contributed by atoms with Crippen LogP contribution in [0.2, 0.25) is 0 Å². The minimum Gasteiger partial charge on any atom is -0.395 e. The lowest BCUT2D eigenvalue weighted by atomic mass is 10.3. The fourth-order valence-corrected chi connectivity index (χ4v) is 1.11. The molecule has 0 aromatic rings. The molecule has 0 bridgehead atoms. The molecule has 0 saturated carbocycles. The molecule has 0 aromatic carbocycles. The number of hydrogen-bond donors (Lipinski definition) is 1. The van der Waals surface area contributed by atoms with E-state index in [1.165, 1.54) is 0 Å². The molecule has 0 saturated heterocycles. The Morgan fingerprint density at radius 1 is 1.50 bits per heavy atom. The summed E-state index contributed by atoms with van der Waals surface area (Å²) in [6, 6.07) is 0. The topological polar surface area (TPSA) is 40.5 Å². The highest BCUT2D eigenvalue weighted by molar-refractivity contribution is 6.17. The van der Waals surface area contributed by atoms with Gasteiger partial charge in [-0.1, -0.05) is 0 Å². The van der Waals surface area contributed by atoms with Crippen molar-refractivity contribution in [1.82, 2.24) is 4.90 Å². The quantitative estimate of drug-likeness (QED) is 0.664. The molecule has 0 aromatic heterocycles. The zero-order chi connectivity index (χ0) is 11.0. The third kappa shape index (κ3) is 6.10. The SMILES string of the molecule is O=C(CCCCl)N(CCO)CC(F)F. The molecule has 0 spiro atoms. The molecule has 0 aliphatic heterocycles. The maximum Gasteiger partial charge on any atom is 0.255 e. The number of aliphatic hydroxyl groups is 1. The highest BCUT2D eigenvalue weighted by Crippen LogP contribution is 2.03. The summed E-state index contributed by atoms with van der Waals surface area (Å²) in [7, 11) is 0. The minimum atomic E-state index is -2.57. The number of aliphatic hydroxyl groups excluding tert-OH is 1. The van der Waals surface area contributed by atoms with Gasteiger partial charge in [-0.3, -0.25) is 4.79 Å². The van der Waals surface area contributed by atoms with Gasteiger partial charge in [-0.05, 0) is 6.42 Å². The molecule has 0 aliphatic rings. The molecule has 0 atom stereocenters. The third-order valence-corrected chi connectivity index (χ3v) is 1.87. The number of rotatable bonds is 7. The van der Waals surface area contributed by atoms with Gasteiger partial charge in [0.25, 0.3) is 6.43 Å². The minimum absolute atomic E-state index is 0.0501. The van der Waals surface area contributed by atoms with Crippen molar-refractivity contribution in [1.29, 1.82) is 0 Å². The summed E-state index contributed by atoms with van der Waals surface area (Å²) in [6.07, 6.45) is -1.96. The van der Waals surface area contributed by atoms with E-state index in [-0.39, 0.29) is 25.5 Å². The molecule has 0 aliphatic carbocycles. The average molecular weight is 230 g/mol. The lowest BCUT2D eigenvalue weighted by molar-refractivity contribution is -0.133. The van der Waals surface area contributed by atoms with Gasteiger partial charge in [0.1, 0.15) is 0 Å². The van der Waals surface area contributed by atoms with Crippen LogP contribution in [0.5, 0.6) is 0 Å². The molecule has 1 N–H and O–H groups in total. The van der Waals surface area contributed by atoms with Gasteiger partial charge >= 0.3 is 0 Å². The number of alkyl halides is 3. The Kier molecular flexibility index (Phi) is 7.70. The van der Waals surface area contributed by atoms with Crippen LogP contribution in [0.25, 0.3) is 0 Å². The Bertz CT molecular complexity index is 169. The van der Waals surface area contributed by atoms with Crippen molar-refractivity contribution in [3.63, 3.8) is 0 Å². The van der Waals surface area contributed by atoms with Gasteiger partial charge in [0.05, 0.1) is 13.2 Å². The summed E-state index contributed by atoms with van der Waals surface area (Å²) in [5, 5.41) is 8.56. The van der Waals surface area contributed by atoms with Gasteiger partial charge in [-0.25, -0.2) is 8.78 Å². The third-order valence-electron chi connectivity index (χ3n) is 1.61. The van der Waals surface area contributed by atoms with Gasteiger partial charge in [0.2, 0.25) is 5.91 Å². The number of nitrogens with zero attached hydrogens (tertiary/aromatic N) is 1. The largest absolute Gasteiger partial charge is 0.395 e. The number of halogens is 3. The van der Waals surface area contributed by atoms with Crippen LogP contribution in [-0.4, -0.2) is 47.9 Å². The van der Waals surface area contributed by atoms with Crippen LogP contribution in [0.3, 0.4) is 0 Å². The van der Waals surface area contributed by atoms with Crippen LogP contribution in [0, 0.1) is 0 Å². The monoisotopic (exact) mass is 229 g/mol. The van der Waals surface area contributed by atoms with Gasteiger partial charge < -0.3 is 10.0 Å². The Morgan fingerprint density at radius 2 is 2.14 bits per heavy atom. The van der Waals surface area contributed by atoms with Gasteiger partial charge in [0, 0.05) is 18.8 Å². The molecule has 0 fully saturated rings. The first-order valence-electron chi connectivity index (χ1n) is 4.34. The zero-order valence-corrected chi connectivity index (χ0v) is 8.51. The van der Waals surface area contributed by atoms with Gasteiger partial charge in [-0.2, -0.15) is 0 Å². The van der Waals surface area contributed by atoms with Crippen molar-refractivity contribution in [2.24, 2.45) is 0 Å². The first kappa shape index (κ1) is 13.6. The molecular formula is C8H14ClF2NO2. The summed E-state index contributed by atoms with van der Waals surface area (Å²) >= 11 is 5.36. The van der Waals surface area contributed by atoms with Gasteiger partial charge in [-0.15, -0.1) is 11.6 Å². The first-order valence-corrected chi connectivity index (χ1v) is 4.88. The number of amides is 1. The maximum atomic E-state index is 12.0. The molecule has 3 nitrogen and oxygen atoms in total. The van der Waals surface area contributed by atoms with E-state index in [4.69, 9.17) is 16.7 Å². The summed E-state index contributed by atoms with van der Waals surface area (Å²) < 4.78 is 24.0.